The smallest absolute Gasteiger partial charge is 0.410 e. The first kappa shape index (κ1) is 16.4. The van der Waals surface area contributed by atoms with E-state index in [0.29, 0.717) is 23.1 Å². The Kier molecular flexibility index (Phi) is 5.02. The summed E-state index contributed by atoms with van der Waals surface area (Å²) in [6.07, 6.45) is -0.343. The third-order valence-electron chi connectivity index (χ3n) is 3.20. The van der Waals surface area contributed by atoms with Gasteiger partial charge in [-0.1, -0.05) is 29.3 Å². The molecule has 0 aliphatic carbocycles. The SMILES string of the molecule is CC(C)(C)OC(=O)N1CCNCC1c1c(Cl)cccc1Cl. The van der Waals surface area contributed by atoms with Gasteiger partial charge >= 0.3 is 6.09 Å². The molecule has 0 spiro atoms. The van der Waals surface area contributed by atoms with Crippen LogP contribution in [-0.4, -0.2) is 36.2 Å². The molecule has 1 aromatic rings. The van der Waals surface area contributed by atoms with Crippen LogP contribution in [0.5, 0.6) is 0 Å². The monoisotopic (exact) mass is 330 g/mol. The molecule has 1 aliphatic rings. The first-order chi connectivity index (χ1) is 9.79. The number of benzene rings is 1. The number of rotatable bonds is 1. The van der Waals surface area contributed by atoms with E-state index >= 15 is 0 Å². The van der Waals surface area contributed by atoms with E-state index < -0.39 is 5.60 Å². The van der Waals surface area contributed by atoms with Crippen molar-refractivity contribution in [2.75, 3.05) is 19.6 Å². The van der Waals surface area contributed by atoms with Crippen LogP contribution in [0.4, 0.5) is 4.79 Å². The summed E-state index contributed by atoms with van der Waals surface area (Å²) in [5.74, 6) is 0. The van der Waals surface area contributed by atoms with Crippen LogP contribution in [0.3, 0.4) is 0 Å². The van der Waals surface area contributed by atoms with E-state index in [0.717, 1.165) is 12.1 Å². The molecule has 0 aromatic heterocycles. The van der Waals surface area contributed by atoms with Crippen molar-refractivity contribution in [2.45, 2.75) is 32.4 Å². The fourth-order valence-corrected chi connectivity index (χ4v) is 2.98. The summed E-state index contributed by atoms with van der Waals surface area (Å²) in [6, 6.07) is 5.13. The van der Waals surface area contributed by atoms with Crippen LogP contribution >= 0.6 is 23.2 Å². The third kappa shape index (κ3) is 4.02. The molecule has 0 bridgehead atoms. The number of halogens is 2. The average molecular weight is 331 g/mol. The third-order valence-corrected chi connectivity index (χ3v) is 3.86. The highest BCUT2D eigenvalue weighted by Crippen LogP contribution is 2.35. The number of hydrogen-bond donors (Lipinski definition) is 1. The Morgan fingerprint density at radius 1 is 1.33 bits per heavy atom. The van der Waals surface area contributed by atoms with E-state index in [4.69, 9.17) is 27.9 Å². The van der Waals surface area contributed by atoms with E-state index in [9.17, 15) is 4.79 Å². The lowest BCUT2D eigenvalue weighted by molar-refractivity contribution is 0.0118. The van der Waals surface area contributed by atoms with Crippen LogP contribution in [0.15, 0.2) is 18.2 Å². The van der Waals surface area contributed by atoms with Gasteiger partial charge < -0.3 is 10.1 Å². The molecule has 116 valence electrons. The Labute approximate surface area is 135 Å². The van der Waals surface area contributed by atoms with Crippen LogP contribution in [0.2, 0.25) is 10.0 Å². The summed E-state index contributed by atoms with van der Waals surface area (Å²) < 4.78 is 5.48. The Morgan fingerprint density at radius 3 is 2.52 bits per heavy atom. The van der Waals surface area contributed by atoms with Crippen molar-refractivity contribution in [1.82, 2.24) is 10.2 Å². The second kappa shape index (κ2) is 6.42. The largest absolute Gasteiger partial charge is 0.444 e. The zero-order valence-corrected chi connectivity index (χ0v) is 14.0. The molecule has 1 aromatic carbocycles. The quantitative estimate of drug-likeness (QED) is 0.849. The van der Waals surface area contributed by atoms with Crippen molar-refractivity contribution >= 4 is 29.3 Å². The predicted octanol–water partition coefficient (Wildman–Crippen LogP) is 3.87. The maximum atomic E-state index is 12.4. The van der Waals surface area contributed by atoms with Gasteiger partial charge in [-0.3, -0.25) is 4.90 Å². The lowest BCUT2D eigenvalue weighted by Crippen LogP contribution is -2.50. The minimum absolute atomic E-state index is 0.227. The molecular weight excluding hydrogens is 311 g/mol. The van der Waals surface area contributed by atoms with Gasteiger partial charge in [-0.25, -0.2) is 4.79 Å². The fourth-order valence-electron chi connectivity index (χ4n) is 2.33. The molecule has 21 heavy (non-hydrogen) atoms. The summed E-state index contributed by atoms with van der Waals surface area (Å²) in [5, 5.41) is 4.39. The van der Waals surface area contributed by atoms with E-state index in [1.54, 1.807) is 23.1 Å². The summed E-state index contributed by atoms with van der Waals surface area (Å²) in [7, 11) is 0. The van der Waals surface area contributed by atoms with Gasteiger partial charge in [0.1, 0.15) is 5.60 Å². The highest BCUT2D eigenvalue weighted by Gasteiger charge is 2.33. The molecule has 1 N–H and O–H groups in total. The van der Waals surface area contributed by atoms with Gasteiger partial charge in [0.25, 0.3) is 0 Å². The Balaban J connectivity index is 2.29. The normalized spacial score (nSPS) is 19.5. The molecule has 4 nitrogen and oxygen atoms in total. The predicted molar refractivity (Wildman–Crippen MR) is 85.0 cm³/mol. The second-order valence-corrected chi connectivity index (χ2v) is 6.84. The van der Waals surface area contributed by atoms with Gasteiger partial charge in [0, 0.05) is 35.2 Å². The highest BCUT2D eigenvalue weighted by atomic mass is 35.5. The van der Waals surface area contributed by atoms with Crippen LogP contribution < -0.4 is 5.32 Å². The number of hydrogen-bond acceptors (Lipinski definition) is 3. The molecule has 1 heterocycles. The van der Waals surface area contributed by atoms with Crippen molar-refractivity contribution in [1.29, 1.82) is 0 Å². The molecule has 1 unspecified atom stereocenters. The molecule has 6 heteroatoms. The van der Waals surface area contributed by atoms with Crippen molar-refractivity contribution in [3.63, 3.8) is 0 Å². The first-order valence-corrected chi connectivity index (χ1v) is 7.69. The summed E-state index contributed by atoms with van der Waals surface area (Å²) in [4.78, 5) is 14.1. The van der Waals surface area contributed by atoms with Gasteiger partial charge in [0.15, 0.2) is 0 Å². The highest BCUT2D eigenvalue weighted by molar-refractivity contribution is 6.36. The maximum Gasteiger partial charge on any atom is 0.410 e. The first-order valence-electron chi connectivity index (χ1n) is 6.94. The number of nitrogens with zero attached hydrogens (tertiary/aromatic N) is 1. The summed E-state index contributed by atoms with van der Waals surface area (Å²) in [6.45, 7) is 7.43. The van der Waals surface area contributed by atoms with Gasteiger partial charge in [0.2, 0.25) is 0 Å². The molecule has 1 amide bonds. The topological polar surface area (TPSA) is 41.6 Å². The number of amides is 1. The number of nitrogens with one attached hydrogen (secondary N) is 1. The van der Waals surface area contributed by atoms with E-state index in [1.807, 2.05) is 20.8 Å². The molecule has 2 rings (SSSR count). The molecule has 0 radical (unpaired) electrons. The molecular formula is C15H20Cl2N2O2. The summed E-state index contributed by atoms with van der Waals surface area (Å²) in [5.41, 5.74) is 0.232. The number of ether oxygens (including phenoxy) is 1. The zero-order valence-electron chi connectivity index (χ0n) is 12.5. The van der Waals surface area contributed by atoms with Gasteiger partial charge in [-0.2, -0.15) is 0 Å². The van der Waals surface area contributed by atoms with Gasteiger partial charge in [0.05, 0.1) is 6.04 Å². The van der Waals surface area contributed by atoms with Crippen LogP contribution in [0.1, 0.15) is 32.4 Å². The van der Waals surface area contributed by atoms with E-state index in [-0.39, 0.29) is 12.1 Å². The van der Waals surface area contributed by atoms with E-state index in [2.05, 4.69) is 5.32 Å². The minimum atomic E-state index is -0.531. The minimum Gasteiger partial charge on any atom is -0.444 e. The number of carbonyl (C=O) groups is 1. The van der Waals surface area contributed by atoms with Crippen molar-refractivity contribution < 1.29 is 9.53 Å². The zero-order chi connectivity index (χ0) is 15.6. The van der Waals surface area contributed by atoms with Crippen molar-refractivity contribution in [3.8, 4) is 0 Å². The fraction of sp³-hybridized carbons (Fsp3) is 0.533. The standard InChI is InChI=1S/C15H20Cl2N2O2/c1-15(2,3)21-14(20)19-8-7-18-9-12(19)13-10(16)5-4-6-11(13)17/h4-6,12,18H,7-9H2,1-3H3. The molecule has 0 saturated carbocycles. The van der Waals surface area contributed by atoms with Crippen molar-refractivity contribution in [3.05, 3.63) is 33.8 Å². The second-order valence-electron chi connectivity index (χ2n) is 6.03. The molecule has 1 atom stereocenters. The summed E-state index contributed by atoms with van der Waals surface area (Å²) >= 11 is 12.5. The number of piperazine rings is 1. The average Bonchev–Trinajstić information content (AvgIpc) is 2.37. The van der Waals surface area contributed by atoms with Crippen molar-refractivity contribution in [2.24, 2.45) is 0 Å². The Morgan fingerprint density at radius 2 is 1.95 bits per heavy atom. The van der Waals surface area contributed by atoms with Crippen LogP contribution in [0.25, 0.3) is 0 Å². The van der Waals surface area contributed by atoms with E-state index in [1.165, 1.54) is 0 Å². The van der Waals surface area contributed by atoms with Gasteiger partial charge in [-0.15, -0.1) is 0 Å². The Hall–Kier alpha value is -0.970. The Bertz CT molecular complexity index is 509. The van der Waals surface area contributed by atoms with Crippen LogP contribution in [0, 0.1) is 0 Å². The molecule has 1 aliphatic heterocycles. The molecule has 1 saturated heterocycles. The van der Waals surface area contributed by atoms with Gasteiger partial charge in [-0.05, 0) is 32.9 Å². The number of carbonyl (C=O) groups excluding carboxylic acids is 1. The molecule has 1 fully saturated rings. The van der Waals surface area contributed by atoms with Crippen LogP contribution in [-0.2, 0) is 4.74 Å². The lowest BCUT2D eigenvalue weighted by Gasteiger charge is -2.38. The lowest BCUT2D eigenvalue weighted by atomic mass is 10.0. The maximum absolute atomic E-state index is 12.4.